The summed E-state index contributed by atoms with van der Waals surface area (Å²) in [7, 11) is 0. The summed E-state index contributed by atoms with van der Waals surface area (Å²) in [6, 6.07) is 6.83. The van der Waals surface area contributed by atoms with E-state index in [2.05, 4.69) is 0 Å². The van der Waals surface area contributed by atoms with Crippen molar-refractivity contribution in [3.05, 3.63) is 35.9 Å². The van der Waals surface area contributed by atoms with Crippen molar-refractivity contribution in [3.8, 4) is 0 Å². The van der Waals surface area contributed by atoms with Crippen molar-refractivity contribution in [2.24, 2.45) is 0 Å². The van der Waals surface area contributed by atoms with Gasteiger partial charge in [0.25, 0.3) is 6.43 Å². The minimum atomic E-state index is -2.63. The molecule has 3 N–H and O–H groups in total. The van der Waals surface area contributed by atoms with E-state index in [1.165, 1.54) is 12.2 Å². The second-order valence-corrected chi connectivity index (χ2v) is 3.90. The SMILES string of the molecule is Nc1cccc(/C=C/C(=O)N(CCO)CC(F)F)c1. The Balaban J connectivity index is 2.70. The predicted molar refractivity (Wildman–Crippen MR) is 69.6 cm³/mol. The number of hydrogen-bond acceptors (Lipinski definition) is 3. The lowest BCUT2D eigenvalue weighted by Crippen LogP contribution is -2.36. The van der Waals surface area contributed by atoms with Gasteiger partial charge < -0.3 is 15.7 Å². The Hall–Kier alpha value is -1.95. The summed E-state index contributed by atoms with van der Waals surface area (Å²) in [6.45, 7) is -1.17. The lowest BCUT2D eigenvalue weighted by Gasteiger charge is -2.19. The van der Waals surface area contributed by atoms with E-state index in [4.69, 9.17) is 10.8 Å². The molecule has 0 aliphatic heterocycles. The molecule has 1 aromatic rings. The van der Waals surface area contributed by atoms with Gasteiger partial charge in [0.15, 0.2) is 0 Å². The molecule has 0 saturated carbocycles. The Morgan fingerprint density at radius 2 is 2.21 bits per heavy atom. The molecule has 104 valence electrons. The highest BCUT2D eigenvalue weighted by atomic mass is 19.3. The van der Waals surface area contributed by atoms with Crippen molar-refractivity contribution in [1.29, 1.82) is 0 Å². The number of nitrogens with two attached hydrogens (primary N) is 1. The van der Waals surface area contributed by atoms with Gasteiger partial charge in [-0.25, -0.2) is 8.78 Å². The summed E-state index contributed by atoms with van der Waals surface area (Å²) in [4.78, 5) is 12.6. The van der Waals surface area contributed by atoms with E-state index in [0.717, 1.165) is 4.90 Å². The third-order valence-corrected chi connectivity index (χ3v) is 2.37. The van der Waals surface area contributed by atoms with E-state index < -0.39 is 18.9 Å². The van der Waals surface area contributed by atoms with Crippen LogP contribution >= 0.6 is 0 Å². The number of hydrogen-bond donors (Lipinski definition) is 2. The number of carbonyl (C=O) groups is 1. The lowest BCUT2D eigenvalue weighted by molar-refractivity contribution is -0.128. The van der Waals surface area contributed by atoms with Crippen LogP contribution in [0.5, 0.6) is 0 Å². The predicted octanol–water partition coefficient (Wildman–Crippen LogP) is 1.37. The summed E-state index contributed by atoms with van der Waals surface area (Å²) in [5, 5.41) is 8.74. The first-order valence-electron chi connectivity index (χ1n) is 5.74. The number of carbonyl (C=O) groups excluding carboxylic acids is 1. The number of rotatable bonds is 6. The Morgan fingerprint density at radius 3 is 2.79 bits per heavy atom. The summed E-state index contributed by atoms with van der Waals surface area (Å²) in [5.41, 5.74) is 6.83. The van der Waals surface area contributed by atoms with Gasteiger partial charge >= 0.3 is 0 Å². The Morgan fingerprint density at radius 1 is 1.47 bits per heavy atom. The van der Waals surface area contributed by atoms with E-state index >= 15 is 0 Å². The number of halogens is 2. The summed E-state index contributed by atoms with van der Waals surface area (Å²) in [5.74, 6) is -0.572. The van der Waals surface area contributed by atoms with Crippen molar-refractivity contribution in [3.63, 3.8) is 0 Å². The minimum absolute atomic E-state index is 0.121. The van der Waals surface area contributed by atoms with Gasteiger partial charge in [0, 0.05) is 18.3 Å². The first-order chi connectivity index (χ1) is 9.02. The molecule has 0 fully saturated rings. The fourth-order valence-corrected chi connectivity index (χ4v) is 1.51. The molecular formula is C13H16F2N2O2. The summed E-state index contributed by atoms with van der Waals surface area (Å²) >= 11 is 0. The molecule has 0 heterocycles. The zero-order valence-corrected chi connectivity index (χ0v) is 10.3. The highest BCUT2D eigenvalue weighted by molar-refractivity contribution is 5.91. The van der Waals surface area contributed by atoms with Gasteiger partial charge in [-0.15, -0.1) is 0 Å². The van der Waals surface area contributed by atoms with E-state index in [-0.39, 0.29) is 13.2 Å². The molecule has 0 unspecified atom stereocenters. The molecule has 0 atom stereocenters. The molecule has 0 aliphatic rings. The number of nitrogen functional groups attached to an aromatic ring is 1. The molecule has 19 heavy (non-hydrogen) atoms. The molecule has 0 bridgehead atoms. The summed E-state index contributed by atoms with van der Waals surface area (Å²) in [6.07, 6.45) is 0.0534. The monoisotopic (exact) mass is 270 g/mol. The van der Waals surface area contributed by atoms with E-state index in [0.29, 0.717) is 11.3 Å². The van der Waals surface area contributed by atoms with Crippen LogP contribution in [-0.2, 0) is 4.79 Å². The first-order valence-corrected chi connectivity index (χ1v) is 5.74. The zero-order valence-electron chi connectivity index (χ0n) is 10.3. The van der Waals surface area contributed by atoms with Crippen LogP contribution in [0.3, 0.4) is 0 Å². The van der Waals surface area contributed by atoms with E-state index in [1.54, 1.807) is 24.3 Å². The molecule has 4 nitrogen and oxygen atoms in total. The highest BCUT2D eigenvalue weighted by Crippen LogP contribution is 2.09. The maximum absolute atomic E-state index is 12.3. The van der Waals surface area contributed by atoms with Gasteiger partial charge in [-0.2, -0.15) is 0 Å². The molecule has 0 spiro atoms. The number of benzene rings is 1. The minimum Gasteiger partial charge on any atom is -0.399 e. The third kappa shape index (κ3) is 5.48. The largest absolute Gasteiger partial charge is 0.399 e. The maximum atomic E-state index is 12.3. The zero-order chi connectivity index (χ0) is 14.3. The average molecular weight is 270 g/mol. The number of alkyl halides is 2. The fraction of sp³-hybridized carbons (Fsp3) is 0.308. The molecular weight excluding hydrogens is 254 g/mol. The Kier molecular flexibility index (Phi) is 5.95. The number of aliphatic hydroxyl groups is 1. The smallest absolute Gasteiger partial charge is 0.255 e. The van der Waals surface area contributed by atoms with Crippen molar-refractivity contribution >= 4 is 17.7 Å². The third-order valence-electron chi connectivity index (χ3n) is 2.37. The number of anilines is 1. The van der Waals surface area contributed by atoms with Crippen LogP contribution < -0.4 is 5.73 Å². The molecule has 0 radical (unpaired) electrons. The van der Waals surface area contributed by atoms with Crippen molar-refractivity contribution in [2.75, 3.05) is 25.4 Å². The van der Waals surface area contributed by atoms with E-state index in [1.807, 2.05) is 0 Å². The van der Waals surface area contributed by atoms with Crippen molar-refractivity contribution in [1.82, 2.24) is 4.90 Å². The molecule has 1 rings (SSSR count). The van der Waals surface area contributed by atoms with Crippen LogP contribution in [-0.4, -0.2) is 42.0 Å². The summed E-state index contributed by atoms with van der Waals surface area (Å²) < 4.78 is 24.5. The van der Waals surface area contributed by atoms with Crippen LogP contribution in [0.25, 0.3) is 6.08 Å². The molecule has 0 aliphatic carbocycles. The van der Waals surface area contributed by atoms with Gasteiger partial charge in [-0.1, -0.05) is 12.1 Å². The molecule has 1 aromatic carbocycles. The van der Waals surface area contributed by atoms with Crippen LogP contribution in [0.4, 0.5) is 14.5 Å². The van der Waals surface area contributed by atoms with E-state index in [9.17, 15) is 13.6 Å². The van der Waals surface area contributed by atoms with Crippen LogP contribution in [0, 0.1) is 0 Å². The number of nitrogens with zero attached hydrogens (tertiary/aromatic N) is 1. The second-order valence-electron chi connectivity index (χ2n) is 3.90. The van der Waals surface area contributed by atoms with Crippen molar-refractivity contribution < 1.29 is 18.7 Å². The molecule has 0 saturated heterocycles. The normalized spacial score (nSPS) is 11.2. The van der Waals surface area contributed by atoms with Crippen LogP contribution in [0.1, 0.15) is 5.56 Å². The Bertz CT molecular complexity index is 450. The highest BCUT2D eigenvalue weighted by Gasteiger charge is 2.15. The number of aliphatic hydroxyl groups excluding tert-OH is 1. The second kappa shape index (κ2) is 7.48. The van der Waals surface area contributed by atoms with Gasteiger partial charge in [0.05, 0.1) is 13.2 Å². The van der Waals surface area contributed by atoms with Crippen LogP contribution in [0.2, 0.25) is 0 Å². The van der Waals surface area contributed by atoms with Gasteiger partial charge in [-0.05, 0) is 23.8 Å². The topological polar surface area (TPSA) is 66.6 Å². The van der Waals surface area contributed by atoms with Gasteiger partial charge in [0.2, 0.25) is 5.91 Å². The Labute approximate surface area is 110 Å². The van der Waals surface area contributed by atoms with Crippen molar-refractivity contribution in [2.45, 2.75) is 6.43 Å². The molecule has 6 heteroatoms. The van der Waals surface area contributed by atoms with Gasteiger partial charge in [0.1, 0.15) is 0 Å². The van der Waals surface area contributed by atoms with Gasteiger partial charge in [-0.3, -0.25) is 4.79 Å². The first kappa shape index (κ1) is 15.1. The molecule has 0 aromatic heterocycles. The standard InChI is InChI=1S/C13H16F2N2O2/c14-12(15)9-17(6-7-18)13(19)5-4-10-2-1-3-11(16)8-10/h1-5,8,12,18H,6-7,9,16H2/b5-4+. The van der Waals surface area contributed by atoms with Crippen LogP contribution in [0.15, 0.2) is 30.3 Å². The average Bonchev–Trinajstić information content (AvgIpc) is 2.35. The quantitative estimate of drug-likeness (QED) is 0.606. The molecule has 1 amide bonds. The lowest BCUT2D eigenvalue weighted by atomic mass is 10.2. The fourth-order valence-electron chi connectivity index (χ4n) is 1.51. The number of amides is 1. The maximum Gasteiger partial charge on any atom is 0.255 e.